The Morgan fingerprint density at radius 3 is 2.80 bits per heavy atom. The van der Waals surface area contributed by atoms with Gasteiger partial charge in [-0.1, -0.05) is 37.6 Å². The van der Waals surface area contributed by atoms with Crippen LogP contribution < -0.4 is 10.5 Å². The molecule has 5 heteroatoms. The van der Waals surface area contributed by atoms with Crippen molar-refractivity contribution >= 4 is 5.91 Å². The Bertz CT molecular complexity index is 616. The van der Waals surface area contributed by atoms with Crippen LogP contribution in [0.4, 0.5) is 0 Å². The number of ether oxygens (including phenoxy) is 1. The van der Waals surface area contributed by atoms with E-state index in [1.165, 1.54) is 0 Å². The normalized spacial score (nSPS) is 29.6. The Morgan fingerprint density at radius 2 is 2.12 bits per heavy atom. The summed E-state index contributed by atoms with van der Waals surface area (Å²) >= 11 is 0. The fourth-order valence-corrected chi connectivity index (χ4v) is 4.48. The largest absolute Gasteiger partial charge is 0.490 e. The lowest BCUT2D eigenvalue weighted by Gasteiger charge is -2.52. The van der Waals surface area contributed by atoms with Crippen LogP contribution in [0.15, 0.2) is 36.9 Å². The summed E-state index contributed by atoms with van der Waals surface area (Å²) in [6.45, 7) is 5.04. The van der Waals surface area contributed by atoms with Gasteiger partial charge < -0.3 is 15.6 Å². The minimum atomic E-state index is -0.630. The number of nitrogens with two attached hydrogens (primary N) is 1. The molecule has 1 aromatic rings. The van der Waals surface area contributed by atoms with E-state index in [2.05, 4.69) is 11.5 Å². The van der Waals surface area contributed by atoms with Gasteiger partial charge in [0.25, 0.3) is 0 Å². The fourth-order valence-electron chi connectivity index (χ4n) is 4.48. The third-order valence-electron chi connectivity index (χ3n) is 5.62. The lowest BCUT2D eigenvalue weighted by Crippen LogP contribution is -2.56. The summed E-state index contributed by atoms with van der Waals surface area (Å²) in [6.07, 6.45) is 6.44. The minimum absolute atomic E-state index is 0.0139. The standard InChI is InChI=1S/C20H28N2O3/c1-2-13-25-16-8-6-15(7-9-16)19-17-5-3-4-10-20(17,24)11-12-22(19)14-18(21)23/h2,6-9,17,19,24H,1,3-5,10-14H2,(H2,21,23)/t17-,19-,20-/m0/s1. The first-order valence-electron chi connectivity index (χ1n) is 9.12. The highest BCUT2D eigenvalue weighted by molar-refractivity contribution is 5.76. The Morgan fingerprint density at radius 1 is 1.36 bits per heavy atom. The van der Waals surface area contributed by atoms with Gasteiger partial charge in [-0.05, 0) is 37.0 Å². The van der Waals surface area contributed by atoms with Gasteiger partial charge in [0.15, 0.2) is 0 Å². The quantitative estimate of drug-likeness (QED) is 0.777. The number of rotatable bonds is 6. The van der Waals surface area contributed by atoms with Crippen molar-refractivity contribution in [1.82, 2.24) is 4.90 Å². The summed E-state index contributed by atoms with van der Waals surface area (Å²) in [5, 5.41) is 11.2. The summed E-state index contributed by atoms with van der Waals surface area (Å²) in [4.78, 5) is 13.7. The smallest absolute Gasteiger partial charge is 0.231 e. The Hall–Kier alpha value is -1.85. The third kappa shape index (κ3) is 3.88. The molecule has 0 aromatic heterocycles. The average molecular weight is 344 g/mol. The van der Waals surface area contributed by atoms with Crippen LogP contribution in [0.1, 0.15) is 43.7 Å². The number of carbonyl (C=O) groups excluding carboxylic acids is 1. The van der Waals surface area contributed by atoms with Crippen LogP contribution in [0, 0.1) is 5.92 Å². The molecule has 1 aromatic carbocycles. The number of primary amides is 1. The van der Waals surface area contributed by atoms with Crippen molar-refractivity contribution in [2.24, 2.45) is 11.7 Å². The fraction of sp³-hybridized carbons (Fsp3) is 0.550. The van der Waals surface area contributed by atoms with Crippen molar-refractivity contribution in [2.75, 3.05) is 19.7 Å². The van der Waals surface area contributed by atoms with Crippen LogP contribution >= 0.6 is 0 Å². The first kappa shape index (κ1) is 18.0. The van der Waals surface area contributed by atoms with E-state index in [4.69, 9.17) is 10.5 Å². The van der Waals surface area contributed by atoms with Crippen LogP contribution in [-0.4, -0.2) is 41.2 Å². The summed E-state index contributed by atoms with van der Waals surface area (Å²) in [7, 11) is 0. The lowest BCUT2D eigenvalue weighted by molar-refractivity contribution is -0.136. The molecule has 25 heavy (non-hydrogen) atoms. The number of fused-ring (bicyclic) bond motifs is 1. The molecule has 3 N–H and O–H groups in total. The van der Waals surface area contributed by atoms with E-state index in [-0.39, 0.29) is 24.4 Å². The van der Waals surface area contributed by atoms with Gasteiger partial charge >= 0.3 is 0 Å². The highest BCUT2D eigenvalue weighted by atomic mass is 16.5. The monoisotopic (exact) mass is 344 g/mol. The topological polar surface area (TPSA) is 75.8 Å². The van der Waals surface area contributed by atoms with Crippen LogP contribution in [0.25, 0.3) is 0 Å². The van der Waals surface area contributed by atoms with Gasteiger partial charge in [-0.2, -0.15) is 0 Å². The zero-order valence-corrected chi connectivity index (χ0v) is 14.7. The van der Waals surface area contributed by atoms with E-state index in [9.17, 15) is 9.90 Å². The van der Waals surface area contributed by atoms with Crippen molar-refractivity contribution in [3.63, 3.8) is 0 Å². The van der Waals surface area contributed by atoms with E-state index in [0.29, 0.717) is 19.6 Å². The Kier molecular flexibility index (Phi) is 5.45. The predicted molar refractivity (Wildman–Crippen MR) is 97.2 cm³/mol. The summed E-state index contributed by atoms with van der Waals surface area (Å²) in [5.74, 6) is 0.603. The van der Waals surface area contributed by atoms with Crippen molar-refractivity contribution in [3.8, 4) is 5.75 Å². The molecule has 1 heterocycles. The lowest BCUT2D eigenvalue weighted by atomic mass is 9.66. The minimum Gasteiger partial charge on any atom is -0.490 e. The molecule has 0 bridgehead atoms. The molecule has 1 saturated heterocycles. The maximum absolute atomic E-state index is 11.5. The number of hydrogen-bond acceptors (Lipinski definition) is 4. The van der Waals surface area contributed by atoms with E-state index in [0.717, 1.165) is 37.0 Å². The number of hydrogen-bond donors (Lipinski definition) is 2. The first-order chi connectivity index (χ1) is 12.0. The number of amides is 1. The molecular formula is C20H28N2O3. The second-order valence-electron chi connectivity index (χ2n) is 7.26. The second-order valence-corrected chi connectivity index (χ2v) is 7.26. The summed E-state index contributed by atoms with van der Waals surface area (Å²) < 4.78 is 5.56. The van der Waals surface area contributed by atoms with Crippen molar-refractivity contribution in [3.05, 3.63) is 42.5 Å². The van der Waals surface area contributed by atoms with Gasteiger partial charge in [-0.15, -0.1) is 0 Å². The molecule has 0 unspecified atom stereocenters. The van der Waals surface area contributed by atoms with Gasteiger partial charge in [-0.3, -0.25) is 9.69 Å². The molecule has 5 nitrogen and oxygen atoms in total. The van der Waals surface area contributed by atoms with E-state index >= 15 is 0 Å². The Labute approximate surface area is 149 Å². The predicted octanol–water partition coefficient (Wildman–Crippen LogP) is 2.40. The number of piperidine rings is 1. The number of nitrogens with zero attached hydrogens (tertiary/aromatic N) is 1. The molecule has 3 atom stereocenters. The molecular weight excluding hydrogens is 316 g/mol. The van der Waals surface area contributed by atoms with Crippen LogP contribution in [0.3, 0.4) is 0 Å². The molecule has 1 amide bonds. The number of likely N-dealkylation sites (tertiary alicyclic amines) is 1. The van der Waals surface area contributed by atoms with Gasteiger partial charge in [0.05, 0.1) is 12.1 Å². The van der Waals surface area contributed by atoms with Crippen LogP contribution in [-0.2, 0) is 4.79 Å². The molecule has 136 valence electrons. The third-order valence-corrected chi connectivity index (χ3v) is 5.62. The molecule has 3 rings (SSSR count). The van der Waals surface area contributed by atoms with Crippen LogP contribution in [0.5, 0.6) is 5.75 Å². The molecule has 2 fully saturated rings. The van der Waals surface area contributed by atoms with Gasteiger partial charge in [0.1, 0.15) is 12.4 Å². The first-order valence-corrected chi connectivity index (χ1v) is 9.12. The second kappa shape index (κ2) is 7.58. The zero-order valence-electron chi connectivity index (χ0n) is 14.7. The summed E-state index contributed by atoms with van der Waals surface area (Å²) in [5.41, 5.74) is 5.95. The maximum atomic E-state index is 11.5. The average Bonchev–Trinajstić information content (AvgIpc) is 2.60. The van der Waals surface area contributed by atoms with Crippen LogP contribution in [0.2, 0.25) is 0 Å². The zero-order chi connectivity index (χ0) is 17.9. The SMILES string of the molecule is C=CCOc1ccc([C@H]2[C@@H]3CCCC[C@]3(O)CCN2CC(N)=O)cc1. The molecule has 1 aliphatic carbocycles. The van der Waals surface area contributed by atoms with Crippen molar-refractivity contribution in [1.29, 1.82) is 0 Å². The number of carbonyl (C=O) groups is 1. The van der Waals surface area contributed by atoms with E-state index < -0.39 is 5.60 Å². The van der Waals surface area contributed by atoms with E-state index in [1.54, 1.807) is 6.08 Å². The number of benzene rings is 1. The Balaban J connectivity index is 1.88. The van der Waals surface area contributed by atoms with Gasteiger partial charge in [0, 0.05) is 18.5 Å². The molecule has 1 aliphatic heterocycles. The molecule has 1 saturated carbocycles. The van der Waals surface area contributed by atoms with Gasteiger partial charge in [0.2, 0.25) is 5.91 Å². The highest BCUT2D eigenvalue weighted by Gasteiger charge is 2.49. The molecule has 0 radical (unpaired) electrons. The maximum Gasteiger partial charge on any atom is 0.231 e. The van der Waals surface area contributed by atoms with Crippen molar-refractivity contribution in [2.45, 2.75) is 43.7 Å². The summed E-state index contributed by atoms with van der Waals surface area (Å²) in [6, 6.07) is 7.98. The van der Waals surface area contributed by atoms with Crippen molar-refractivity contribution < 1.29 is 14.6 Å². The highest BCUT2D eigenvalue weighted by Crippen LogP contribution is 2.49. The molecule has 0 spiro atoms. The van der Waals surface area contributed by atoms with Gasteiger partial charge in [-0.25, -0.2) is 0 Å². The molecule has 2 aliphatic rings. The number of aliphatic hydroxyl groups is 1. The van der Waals surface area contributed by atoms with E-state index in [1.807, 2.05) is 24.3 Å².